The Bertz CT molecular complexity index is 154. The van der Waals surface area contributed by atoms with Crippen LogP contribution in [0.1, 0.15) is 19.8 Å². The molecule has 1 unspecified atom stereocenters. The van der Waals surface area contributed by atoms with Crippen LogP contribution in [0.2, 0.25) is 0 Å². The van der Waals surface area contributed by atoms with E-state index in [1.54, 1.807) is 0 Å². The molecule has 0 rings (SSSR count). The number of rotatable bonds is 6. The fraction of sp³-hybridized carbons (Fsp3) is 1.00. The van der Waals surface area contributed by atoms with Gasteiger partial charge in [0.15, 0.2) is 0 Å². The second-order valence-corrected chi connectivity index (χ2v) is 4.00. The molecule has 0 aromatic carbocycles. The molecule has 1 atom stereocenters. The van der Waals surface area contributed by atoms with Crippen molar-refractivity contribution in [1.29, 1.82) is 0 Å². The zero-order valence-corrected chi connectivity index (χ0v) is 7.91. The summed E-state index contributed by atoms with van der Waals surface area (Å²) in [6.45, 7) is 1.94. The molecule has 0 aromatic heterocycles. The van der Waals surface area contributed by atoms with Gasteiger partial charge in [0, 0.05) is 6.61 Å². The van der Waals surface area contributed by atoms with Crippen molar-refractivity contribution in [2.75, 3.05) is 13.2 Å². The van der Waals surface area contributed by atoms with Crippen LogP contribution in [0.25, 0.3) is 0 Å². The lowest BCUT2D eigenvalue weighted by Crippen LogP contribution is -2.05. The number of hydrogen-bond acceptors (Lipinski definition) is 3. The van der Waals surface area contributed by atoms with Crippen molar-refractivity contribution in [3.8, 4) is 0 Å². The summed E-state index contributed by atoms with van der Waals surface area (Å²) >= 11 is 0. The van der Waals surface area contributed by atoms with Crippen molar-refractivity contribution in [1.82, 2.24) is 0 Å². The van der Waals surface area contributed by atoms with Crippen LogP contribution in [-0.2, 0) is 9.09 Å². The molecule has 0 aliphatic rings. The Kier molecular flexibility index (Phi) is 5.70. The Morgan fingerprint density at radius 1 is 1.50 bits per heavy atom. The van der Waals surface area contributed by atoms with Gasteiger partial charge in [-0.3, -0.25) is 4.52 Å². The fourth-order valence-electron chi connectivity index (χ4n) is 0.747. The smallest absolute Gasteiger partial charge is 0.396 e. The normalized spacial score (nSPS) is 14.7. The molecule has 0 aliphatic heterocycles. The second-order valence-electron chi connectivity index (χ2n) is 2.76. The van der Waals surface area contributed by atoms with Gasteiger partial charge >= 0.3 is 7.82 Å². The molecule has 0 saturated heterocycles. The molecule has 5 nitrogen and oxygen atoms in total. The first-order valence-electron chi connectivity index (χ1n) is 3.76. The van der Waals surface area contributed by atoms with Crippen molar-refractivity contribution in [3.63, 3.8) is 0 Å². The van der Waals surface area contributed by atoms with Gasteiger partial charge in [0.05, 0.1) is 6.61 Å². The Hall–Kier alpha value is 0.0700. The van der Waals surface area contributed by atoms with Crippen LogP contribution in [0.4, 0.5) is 0 Å². The van der Waals surface area contributed by atoms with Gasteiger partial charge in [-0.1, -0.05) is 6.92 Å². The van der Waals surface area contributed by atoms with E-state index in [4.69, 9.17) is 14.9 Å². The first-order chi connectivity index (χ1) is 5.45. The highest BCUT2D eigenvalue weighted by Gasteiger charge is 2.15. The van der Waals surface area contributed by atoms with E-state index in [1.165, 1.54) is 0 Å². The summed E-state index contributed by atoms with van der Waals surface area (Å²) in [4.78, 5) is 16.7. The molecule has 0 radical (unpaired) electrons. The quantitative estimate of drug-likeness (QED) is 0.541. The third-order valence-corrected chi connectivity index (χ3v) is 1.87. The van der Waals surface area contributed by atoms with Gasteiger partial charge in [0.1, 0.15) is 0 Å². The molecule has 0 amide bonds. The van der Waals surface area contributed by atoms with E-state index in [2.05, 4.69) is 4.52 Å². The van der Waals surface area contributed by atoms with Gasteiger partial charge in [-0.05, 0) is 18.8 Å². The highest BCUT2D eigenvalue weighted by atomic mass is 31.2. The van der Waals surface area contributed by atoms with Crippen LogP contribution in [0, 0.1) is 5.92 Å². The zero-order chi connectivity index (χ0) is 9.61. The number of aliphatic hydroxyl groups is 1. The molecule has 3 N–H and O–H groups in total. The number of phosphoric ester groups is 1. The van der Waals surface area contributed by atoms with E-state index in [0.29, 0.717) is 12.8 Å². The first kappa shape index (κ1) is 12.1. The zero-order valence-electron chi connectivity index (χ0n) is 7.01. The third-order valence-electron chi connectivity index (χ3n) is 1.38. The van der Waals surface area contributed by atoms with E-state index in [0.717, 1.165) is 0 Å². The van der Waals surface area contributed by atoms with Gasteiger partial charge in [0.2, 0.25) is 0 Å². The molecule has 74 valence electrons. The topological polar surface area (TPSA) is 87.0 Å². The average molecular weight is 198 g/mol. The summed E-state index contributed by atoms with van der Waals surface area (Å²) in [7, 11) is -4.31. The molecule has 0 aromatic rings. The molecule has 6 heteroatoms. The maximum absolute atomic E-state index is 10.2. The van der Waals surface area contributed by atoms with Crippen LogP contribution in [0.5, 0.6) is 0 Å². The van der Waals surface area contributed by atoms with Gasteiger partial charge in [0.25, 0.3) is 0 Å². The van der Waals surface area contributed by atoms with Crippen LogP contribution < -0.4 is 0 Å². The van der Waals surface area contributed by atoms with Crippen molar-refractivity contribution in [2.24, 2.45) is 5.92 Å². The van der Waals surface area contributed by atoms with E-state index in [9.17, 15) is 4.57 Å². The van der Waals surface area contributed by atoms with Crippen LogP contribution >= 0.6 is 7.82 Å². The predicted octanol–water partition coefficient (Wildman–Crippen LogP) is 0.504. The Labute approximate surface area is 71.6 Å². The summed E-state index contributed by atoms with van der Waals surface area (Å²) < 4.78 is 14.5. The average Bonchev–Trinajstić information content (AvgIpc) is 1.95. The number of phosphoric acid groups is 1. The lowest BCUT2D eigenvalue weighted by atomic mass is 10.1. The van der Waals surface area contributed by atoms with Crippen LogP contribution in [-0.4, -0.2) is 28.1 Å². The van der Waals surface area contributed by atoms with E-state index < -0.39 is 7.82 Å². The minimum Gasteiger partial charge on any atom is -0.396 e. The first-order valence-corrected chi connectivity index (χ1v) is 5.29. The monoisotopic (exact) mass is 198 g/mol. The lowest BCUT2D eigenvalue weighted by molar-refractivity contribution is 0.164. The maximum atomic E-state index is 10.2. The fourth-order valence-corrected chi connectivity index (χ4v) is 1.20. The summed E-state index contributed by atoms with van der Waals surface area (Å²) in [6.07, 6.45) is 1.34. The molecular weight excluding hydrogens is 183 g/mol. The van der Waals surface area contributed by atoms with Crippen molar-refractivity contribution < 1.29 is 24.0 Å². The van der Waals surface area contributed by atoms with Gasteiger partial charge in [-0.2, -0.15) is 0 Å². The molecule has 0 aliphatic carbocycles. The van der Waals surface area contributed by atoms with E-state index >= 15 is 0 Å². The van der Waals surface area contributed by atoms with Crippen molar-refractivity contribution in [2.45, 2.75) is 19.8 Å². The molecule has 0 heterocycles. The molecular formula is C6H15O5P. The number of hydrogen-bond donors (Lipinski definition) is 3. The predicted molar refractivity (Wildman–Crippen MR) is 43.5 cm³/mol. The van der Waals surface area contributed by atoms with Crippen molar-refractivity contribution >= 4 is 7.82 Å². The van der Waals surface area contributed by atoms with Crippen molar-refractivity contribution in [3.05, 3.63) is 0 Å². The maximum Gasteiger partial charge on any atom is 0.469 e. The summed E-state index contributed by atoms with van der Waals surface area (Å²) in [6, 6.07) is 0. The highest BCUT2D eigenvalue weighted by Crippen LogP contribution is 2.36. The van der Waals surface area contributed by atoms with Crippen LogP contribution in [0.3, 0.4) is 0 Å². The highest BCUT2D eigenvalue weighted by molar-refractivity contribution is 7.46. The van der Waals surface area contributed by atoms with Crippen LogP contribution in [0.15, 0.2) is 0 Å². The third kappa shape index (κ3) is 8.17. The van der Waals surface area contributed by atoms with Gasteiger partial charge in [-0.25, -0.2) is 4.57 Å². The lowest BCUT2D eigenvalue weighted by Gasteiger charge is -2.11. The standard InChI is InChI=1S/C6H15O5P/c1-6(3-2-4-7)5-11-12(8,9)10/h6-7H,2-5H2,1H3,(H2,8,9,10). The minimum atomic E-state index is -4.31. The SMILES string of the molecule is CC(CCCO)COP(=O)(O)O. The second kappa shape index (κ2) is 5.67. The van der Waals surface area contributed by atoms with E-state index in [1.807, 2.05) is 6.92 Å². The minimum absolute atomic E-state index is 0.0320. The van der Waals surface area contributed by atoms with Gasteiger partial charge in [-0.15, -0.1) is 0 Å². The Morgan fingerprint density at radius 3 is 2.50 bits per heavy atom. The summed E-state index contributed by atoms with van der Waals surface area (Å²) in [5.41, 5.74) is 0. The Balaban J connectivity index is 3.44. The summed E-state index contributed by atoms with van der Waals surface area (Å²) in [5, 5.41) is 8.45. The Morgan fingerprint density at radius 2 is 2.08 bits per heavy atom. The molecule has 0 spiro atoms. The largest absolute Gasteiger partial charge is 0.469 e. The summed E-state index contributed by atoms with van der Waals surface area (Å²) in [5.74, 6) is 0.0600. The van der Waals surface area contributed by atoms with Gasteiger partial charge < -0.3 is 14.9 Å². The number of aliphatic hydroxyl groups excluding tert-OH is 1. The molecule has 0 saturated carbocycles. The molecule has 0 fully saturated rings. The molecule has 12 heavy (non-hydrogen) atoms. The van der Waals surface area contributed by atoms with E-state index in [-0.39, 0.29) is 19.1 Å². The molecule has 0 bridgehead atoms.